The molecule has 2 atom stereocenters. The summed E-state index contributed by atoms with van der Waals surface area (Å²) < 4.78 is 13.1. The fraction of sp³-hybridized carbons (Fsp3) is 0.538. The quantitative estimate of drug-likeness (QED) is 0.786. The first kappa shape index (κ1) is 10.6. The molecular formula is C13H18FN. The first-order valence-electron chi connectivity index (χ1n) is 5.64. The second kappa shape index (κ2) is 4.31. The Bertz CT molecular complexity index is 348. The molecule has 1 N–H and O–H groups in total. The van der Waals surface area contributed by atoms with Gasteiger partial charge in [0, 0.05) is 6.04 Å². The van der Waals surface area contributed by atoms with Gasteiger partial charge in [0.2, 0.25) is 0 Å². The average Bonchev–Trinajstić information content (AvgIpc) is 2.70. The predicted molar refractivity (Wildman–Crippen MR) is 60.6 cm³/mol. The van der Waals surface area contributed by atoms with Gasteiger partial charge in [-0.05, 0) is 56.3 Å². The zero-order chi connectivity index (χ0) is 10.8. The van der Waals surface area contributed by atoms with Crippen molar-refractivity contribution in [3.8, 4) is 0 Å². The molecule has 1 aromatic rings. The maximum atomic E-state index is 13.1. The molecule has 0 heterocycles. The van der Waals surface area contributed by atoms with Crippen molar-refractivity contribution in [1.82, 2.24) is 5.32 Å². The van der Waals surface area contributed by atoms with Crippen molar-refractivity contribution >= 4 is 0 Å². The highest BCUT2D eigenvalue weighted by Gasteiger charge is 2.24. The van der Waals surface area contributed by atoms with E-state index in [0.717, 1.165) is 5.56 Å². The molecule has 15 heavy (non-hydrogen) atoms. The van der Waals surface area contributed by atoms with E-state index >= 15 is 0 Å². The van der Waals surface area contributed by atoms with Gasteiger partial charge in [-0.3, -0.25) is 0 Å². The van der Waals surface area contributed by atoms with E-state index in [9.17, 15) is 4.39 Å². The van der Waals surface area contributed by atoms with E-state index in [4.69, 9.17) is 0 Å². The summed E-state index contributed by atoms with van der Waals surface area (Å²) in [5, 5.41) is 3.32. The Balaban J connectivity index is 2.13. The Hall–Kier alpha value is -0.890. The maximum Gasteiger partial charge on any atom is 0.126 e. The van der Waals surface area contributed by atoms with E-state index in [1.165, 1.54) is 24.8 Å². The monoisotopic (exact) mass is 207 g/mol. The third-order valence-corrected chi connectivity index (χ3v) is 3.49. The van der Waals surface area contributed by atoms with E-state index < -0.39 is 0 Å². The highest BCUT2D eigenvalue weighted by molar-refractivity contribution is 5.27. The number of benzene rings is 1. The van der Waals surface area contributed by atoms with Gasteiger partial charge in [-0.15, -0.1) is 0 Å². The molecule has 0 amide bonds. The minimum absolute atomic E-state index is 0.0955. The number of halogens is 1. The summed E-state index contributed by atoms with van der Waals surface area (Å²) in [4.78, 5) is 0. The smallest absolute Gasteiger partial charge is 0.126 e. The number of rotatable bonds is 2. The highest BCUT2D eigenvalue weighted by atomic mass is 19.1. The second-order valence-corrected chi connectivity index (χ2v) is 4.50. The molecule has 1 aliphatic rings. The van der Waals surface area contributed by atoms with Crippen molar-refractivity contribution in [2.75, 3.05) is 7.05 Å². The van der Waals surface area contributed by atoms with Crippen LogP contribution in [0.5, 0.6) is 0 Å². The molecule has 1 saturated carbocycles. The van der Waals surface area contributed by atoms with Crippen LogP contribution in [0.25, 0.3) is 0 Å². The van der Waals surface area contributed by atoms with Crippen LogP contribution in [0.15, 0.2) is 18.2 Å². The molecule has 0 saturated heterocycles. The molecule has 1 nitrogen and oxygen atoms in total. The fourth-order valence-electron chi connectivity index (χ4n) is 2.47. The molecule has 1 fully saturated rings. The molecule has 0 bridgehead atoms. The van der Waals surface area contributed by atoms with Gasteiger partial charge in [0.15, 0.2) is 0 Å². The summed E-state index contributed by atoms with van der Waals surface area (Å²) in [6, 6.07) is 6.17. The van der Waals surface area contributed by atoms with E-state index in [0.29, 0.717) is 12.0 Å². The molecule has 82 valence electrons. The SMILES string of the molecule is CNC1CCC(c2ccc(F)c(C)c2)C1. The first-order chi connectivity index (χ1) is 7.20. The minimum atomic E-state index is -0.0955. The van der Waals surface area contributed by atoms with Gasteiger partial charge in [-0.25, -0.2) is 4.39 Å². The Morgan fingerprint density at radius 3 is 2.73 bits per heavy atom. The normalized spacial score (nSPS) is 25.8. The number of hydrogen-bond acceptors (Lipinski definition) is 1. The lowest BCUT2D eigenvalue weighted by atomic mass is 9.96. The summed E-state index contributed by atoms with van der Waals surface area (Å²) in [7, 11) is 2.02. The third kappa shape index (κ3) is 2.20. The maximum absolute atomic E-state index is 13.1. The Morgan fingerprint density at radius 1 is 1.33 bits per heavy atom. The van der Waals surface area contributed by atoms with E-state index in [1.54, 1.807) is 6.07 Å². The van der Waals surface area contributed by atoms with Crippen molar-refractivity contribution in [3.63, 3.8) is 0 Å². The van der Waals surface area contributed by atoms with Gasteiger partial charge < -0.3 is 5.32 Å². The molecule has 2 unspecified atom stereocenters. The molecule has 1 aliphatic carbocycles. The van der Waals surface area contributed by atoms with E-state index in [-0.39, 0.29) is 5.82 Å². The fourth-order valence-corrected chi connectivity index (χ4v) is 2.47. The molecule has 0 aromatic heterocycles. The Morgan fingerprint density at radius 2 is 2.13 bits per heavy atom. The van der Waals surface area contributed by atoms with Gasteiger partial charge >= 0.3 is 0 Å². The van der Waals surface area contributed by atoms with Gasteiger partial charge in [-0.2, -0.15) is 0 Å². The van der Waals surface area contributed by atoms with Crippen LogP contribution in [-0.2, 0) is 0 Å². The minimum Gasteiger partial charge on any atom is -0.317 e. The molecule has 0 spiro atoms. The highest BCUT2D eigenvalue weighted by Crippen LogP contribution is 2.34. The molecule has 0 aliphatic heterocycles. The van der Waals surface area contributed by atoms with Gasteiger partial charge in [-0.1, -0.05) is 12.1 Å². The predicted octanol–water partition coefficient (Wildman–Crippen LogP) is 2.99. The number of nitrogens with one attached hydrogen (secondary N) is 1. The van der Waals surface area contributed by atoms with Crippen LogP contribution in [-0.4, -0.2) is 13.1 Å². The van der Waals surface area contributed by atoms with E-state index in [1.807, 2.05) is 26.1 Å². The lowest BCUT2D eigenvalue weighted by Gasteiger charge is -2.12. The molecule has 2 heteroatoms. The van der Waals surface area contributed by atoms with Crippen molar-refractivity contribution in [2.24, 2.45) is 0 Å². The number of aryl methyl sites for hydroxylation is 1. The first-order valence-corrected chi connectivity index (χ1v) is 5.64. The summed E-state index contributed by atoms with van der Waals surface area (Å²) >= 11 is 0. The van der Waals surface area contributed by atoms with Crippen LogP contribution in [0.4, 0.5) is 4.39 Å². The van der Waals surface area contributed by atoms with Crippen molar-refractivity contribution < 1.29 is 4.39 Å². The summed E-state index contributed by atoms with van der Waals surface area (Å²) in [6.45, 7) is 1.84. The van der Waals surface area contributed by atoms with Crippen molar-refractivity contribution in [2.45, 2.75) is 38.1 Å². The zero-order valence-electron chi connectivity index (χ0n) is 9.39. The Labute approximate surface area is 90.7 Å². The summed E-state index contributed by atoms with van der Waals surface area (Å²) in [5.41, 5.74) is 2.06. The van der Waals surface area contributed by atoms with Crippen LogP contribution in [0.2, 0.25) is 0 Å². The van der Waals surface area contributed by atoms with Crippen molar-refractivity contribution in [1.29, 1.82) is 0 Å². The largest absolute Gasteiger partial charge is 0.317 e. The number of hydrogen-bond donors (Lipinski definition) is 1. The van der Waals surface area contributed by atoms with Crippen molar-refractivity contribution in [3.05, 3.63) is 35.1 Å². The van der Waals surface area contributed by atoms with Crippen LogP contribution < -0.4 is 5.32 Å². The molecule has 0 radical (unpaired) electrons. The van der Waals surface area contributed by atoms with Crippen LogP contribution in [0, 0.1) is 12.7 Å². The standard InChI is InChI=1S/C13H18FN/c1-9-7-10(4-6-13(9)14)11-3-5-12(8-11)15-2/h4,6-7,11-12,15H,3,5,8H2,1-2H3. The van der Waals surface area contributed by atoms with E-state index in [2.05, 4.69) is 5.32 Å². The van der Waals surface area contributed by atoms with Crippen LogP contribution >= 0.6 is 0 Å². The molecule has 1 aromatic carbocycles. The summed E-state index contributed by atoms with van der Waals surface area (Å²) in [6.07, 6.45) is 3.63. The zero-order valence-corrected chi connectivity index (χ0v) is 9.39. The van der Waals surface area contributed by atoms with Gasteiger partial charge in [0.1, 0.15) is 5.82 Å². The third-order valence-electron chi connectivity index (χ3n) is 3.49. The van der Waals surface area contributed by atoms with Gasteiger partial charge in [0.25, 0.3) is 0 Å². The lowest BCUT2D eigenvalue weighted by Crippen LogP contribution is -2.21. The summed E-state index contributed by atoms with van der Waals surface area (Å²) in [5.74, 6) is 0.517. The second-order valence-electron chi connectivity index (χ2n) is 4.50. The topological polar surface area (TPSA) is 12.0 Å². The molecular weight excluding hydrogens is 189 g/mol. The van der Waals surface area contributed by atoms with Crippen LogP contribution in [0.3, 0.4) is 0 Å². The Kier molecular flexibility index (Phi) is 3.06. The average molecular weight is 207 g/mol. The molecule has 2 rings (SSSR count). The van der Waals surface area contributed by atoms with Crippen LogP contribution in [0.1, 0.15) is 36.3 Å². The lowest BCUT2D eigenvalue weighted by molar-refractivity contribution is 0.571. The van der Waals surface area contributed by atoms with Gasteiger partial charge in [0.05, 0.1) is 0 Å².